The van der Waals surface area contributed by atoms with E-state index in [0.717, 1.165) is 6.29 Å². The van der Waals surface area contributed by atoms with Crippen molar-refractivity contribution in [2.45, 2.75) is 19.8 Å². The molecule has 2 amide bonds. The number of carbonyl (C=O) groups is 3. The second kappa shape index (κ2) is 3.47. The minimum Gasteiger partial charge on any atom is -0.303 e. The van der Waals surface area contributed by atoms with Gasteiger partial charge in [0.2, 0.25) is 11.8 Å². The standard InChI is InChI=1S/C8H11NO3/c1-2-5(4-10)6-3-7(11)9-8(6)12/h4-6H,2-3H2,1H3,(H,9,11,12)/t5-,6?/m1/s1. The molecule has 1 aliphatic rings. The van der Waals surface area contributed by atoms with E-state index in [4.69, 9.17) is 0 Å². The summed E-state index contributed by atoms with van der Waals surface area (Å²) in [5.74, 6) is -1.32. The summed E-state index contributed by atoms with van der Waals surface area (Å²) in [5.41, 5.74) is 0. The van der Waals surface area contributed by atoms with Crippen molar-refractivity contribution in [3.63, 3.8) is 0 Å². The van der Waals surface area contributed by atoms with Crippen molar-refractivity contribution >= 4 is 18.1 Å². The van der Waals surface area contributed by atoms with Crippen LogP contribution in [0.3, 0.4) is 0 Å². The quantitative estimate of drug-likeness (QED) is 0.473. The molecule has 0 aromatic carbocycles. The van der Waals surface area contributed by atoms with Crippen molar-refractivity contribution in [2.24, 2.45) is 11.8 Å². The molecule has 0 aliphatic carbocycles. The third-order valence-electron chi connectivity index (χ3n) is 2.17. The minimum atomic E-state index is -0.431. The summed E-state index contributed by atoms with van der Waals surface area (Å²) in [6.07, 6.45) is 1.52. The summed E-state index contributed by atoms with van der Waals surface area (Å²) in [6.45, 7) is 1.83. The third-order valence-corrected chi connectivity index (χ3v) is 2.17. The molecule has 4 heteroatoms. The summed E-state index contributed by atoms with van der Waals surface area (Å²) < 4.78 is 0. The predicted molar refractivity (Wildman–Crippen MR) is 41.1 cm³/mol. The molecule has 1 N–H and O–H groups in total. The maximum absolute atomic E-state index is 11.1. The molecule has 1 rings (SSSR count). The number of amides is 2. The first kappa shape index (κ1) is 8.90. The first-order chi connectivity index (χ1) is 5.69. The van der Waals surface area contributed by atoms with Gasteiger partial charge in [-0.15, -0.1) is 0 Å². The van der Waals surface area contributed by atoms with E-state index in [0.29, 0.717) is 6.42 Å². The molecule has 0 spiro atoms. The van der Waals surface area contributed by atoms with Crippen LogP contribution in [0, 0.1) is 11.8 Å². The van der Waals surface area contributed by atoms with Crippen LogP contribution in [0.1, 0.15) is 19.8 Å². The Hall–Kier alpha value is -1.19. The minimum absolute atomic E-state index is 0.163. The van der Waals surface area contributed by atoms with Gasteiger partial charge in [0.05, 0.1) is 5.92 Å². The highest BCUT2D eigenvalue weighted by molar-refractivity contribution is 6.04. The van der Waals surface area contributed by atoms with Crippen LogP contribution in [-0.4, -0.2) is 18.1 Å². The maximum Gasteiger partial charge on any atom is 0.230 e. The van der Waals surface area contributed by atoms with Gasteiger partial charge in [-0.05, 0) is 6.42 Å². The van der Waals surface area contributed by atoms with E-state index in [2.05, 4.69) is 5.32 Å². The zero-order chi connectivity index (χ0) is 9.14. The van der Waals surface area contributed by atoms with E-state index in [9.17, 15) is 14.4 Å². The molecule has 0 aromatic heterocycles. The second-order valence-electron chi connectivity index (χ2n) is 2.93. The molecular formula is C8H11NO3. The summed E-state index contributed by atoms with van der Waals surface area (Å²) in [4.78, 5) is 32.3. The Kier molecular flexibility index (Phi) is 2.58. The van der Waals surface area contributed by atoms with Gasteiger partial charge in [0.1, 0.15) is 6.29 Å². The summed E-state index contributed by atoms with van der Waals surface area (Å²) >= 11 is 0. The summed E-state index contributed by atoms with van der Waals surface area (Å²) in [7, 11) is 0. The molecule has 1 fully saturated rings. The van der Waals surface area contributed by atoms with Gasteiger partial charge in [-0.25, -0.2) is 0 Å². The van der Waals surface area contributed by atoms with Crippen molar-refractivity contribution in [3.8, 4) is 0 Å². The predicted octanol–water partition coefficient (Wildman–Crippen LogP) is -0.126. The van der Waals surface area contributed by atoms with E-state index in [1.165, 1.54) is 0 Å². The van der Waals surface area contributed by atoms with E-state index < -0.39 is 5.92 Å². The molecule has 4 nitrogen and oxygen atoms in total. The number of nitrogens with one attached hydrogen (secondary N) is 1. The Bertz CT molecular complexity index is 224. The summed E-state index contributed by atoms with van der Waals surface area (Å²) in [5, 5.41) is 2.18. The van der Waals surface area contributed by atoms with E-state index in [1.54, 1.807) is 0 Å². The van der Waals surface area contributed by atoms with Crippen molar-refractivity contribution in [2.75, 3.05) is 0 Å². The lowest BCUT2D eigenvalue weighted by Crippen LogP contribution is -2.26. The monoisotopic (exact) mass is 169 g/mol. The van der Waals surface area contributed by atoms with Crippen molar-refractivity contribution in [1.29, 1.82) is 0 Å². The van der Waals surface area contributed by atoms with E-state index in [1.807, 2.05) is 6.92 Å². The largest absolute Gasteiger partial charge is 0.303 e. The summed E-state index contributed by atoms with van der Waals surface area (Å²) in [6, 6.07) is 0. The first-order valence-corrected chi connectivity index (χ1v) is 3.98. The van der Waals surface area contributed by atoms with Crippen LogP contribution in [0.25, 0.3) is 0 Å². The molecule has 0 aromatic rings. The fourth-order valence-corrected chi connectivity index (χ4v) is 1.39. The molecular weight excluding hydrogens is 158 g/mol. The number of aldehydes is 1. The highest BCUT2D eigenvalue weighted by atomic mass is 16.2. The molecule has 1 aliphatic heterocycles. The lowest BCUT2D eigenvalue weighted by atomic mass is 9.90. The van der Waals surface area contributed by atoms with Crippen molar-refractivity contribution in [3.05, 3.63) is 0 Å². The molecule has 1 unspecified atom stereocenters. The average Bonchev–Trinajstić information content (AvgIpc) is 2.34. The fraction of sp³-hybridized carbons (Fsp3) is 0.625. The molecule has 0 bridgehead atoms. The van der Waals surface area contributed by atoms with E-state index >= 15 is 0 Å². The second-order valence-corrected chi connectivity index (χ2v) is 2.93. The maximum atomic E-state index is 11.1. The van der Waals surface area contributed by atoms with Gasteiger partial charge in [0, 0.05) is 12.3 Å². The van der Waals surface area contributed by atoms with E-state index in [-0.39, 0.29) is 24.2 Å². The molecule has 12 heavy (non-hydrogen) atoms. The number of rotatable bonds is 3. The molecule has 0 radical (unpaired) electrons. The lowest BCUT2D eigenvalue weighted by molar-refractivity contribution is -0.128. The van der Waals surface area contributed by atoms with Crippen LogP contribution in [0.4, 0.5) is 0 Å². The van der Waals surface area contributed by atoms with Gasteiger partial charge in [-0.2, -0.15) is 0 Å². The fourth-order valence-electron chi connectivity index (χ4n) is 1.39. The zero-order valence-corrected chi connectivity index (χ0v) is 6.87. The Morgan fingerprint density at radius 2 is 2.33 bits per heavy atom. The Labute approximate surface area is 70.3 Å². The van der Waals surface area contributed by atoms with Gasteiger partial charge in [0.25, 0.3) is 0 Å². The third kappa shape index (κ3) is 1.52. The number of carbonyl (C=O) groups excluding carboxylic acids is 3. The Morgan fingerprint density at radius 1 is 1.67 bits per heavy atom. The van der Waals surface area contributed by atoms with Crippen LogP contribution in [-0.2, 0) is 14.4 Å². The van der Waals surface area contributed by atoms with Gasteiger partial charge in [0.15, 0.2) is 0 Å². The van der Waals surface area contributed by atoms with Crippen LogP contribution >= 0.6 is 0 Å². The molecule has 0 saturated carbocycles. The smallest absolute Gasteiger partial charge is 0.230 e. The Balaban J connectivity index is 2.68. The van der Waals surface area contributed by atoms with Gasteiger partial charge < -0.3 is 4.79 Å². The van der Waals surface area contributed by atoms with Crippen LogP contribution < -0.4 is 5.32 Å². The normalized spacial score (nSPS) is 25.2. The Morgan fingerprint density at radius 3 is 2.67 bits per heavy atom. The van der Waals surface area contributed by atoms with Gasteiger partial charge >= 0.3 is 0 Å². The SMILES string of the molecule is CC[C@H](C=O)C1CC(=O)NC1=O. The van der Waals surface area contributed by atoms with Crippen LogP contribution in [0.5, 0.6) is 0 Å². The number of hydrogen-bond donors (Lipinski definition) is 1. The van der Waals surface area contributed by atoms with Gasteiger partial charge in [-0.1, -0.05) is 6.92 Å². The first-order valence-electron chi connectivity index (χ1n) is 3.98. The molecule has 2 atom stereocenters. The average molecular weight is 169 g/mol. The number of hydrogen-bond acceptors (Lipinski definition) is 3. The van der Waals surface area contributed by atoms with Crippen molar-refractivity contribution < 1.29 is 14.4 Å². The number of imide groups is 1. The highest BCUT2D eigenvalue weighted by Gasteiger charge is 2.35. The van der Waals surface area contributed by atoms with Crippen molar-refractivity contribution in [1.82, 2.24) is 5.32 Å². The highest BCUT2D eigenvalue weighted by Crippen LogP contribution is 2.21. The molecule has 66 valence electrons. The molecule has 1 saturated heterocycles. The van der Waals surface area contributed by atoms with Crippen LogP contribution in [0.15, 0.2) is 0 Å². The zero-order valence-electron chi connectivity index (χ0n) is 6.87. The topological polar surface area (TPSA) is 63.2 Å². The van der Waals surface area contributed by atoms with Gasteiger partial charge in [-0.3, -0.25) is 14.9 Å². The molecule has 1 heterocycles. The lowest BCUT2D eigenvalue weighted by Gasteiger charge is -2.10. The van der Waals surface area contributed by atoms with Crippen LogP contribution in [0.2, 0.25) is 0 Å².